The fourth-order valence-corrected chi connectivity index (χ4v) is 7.50. The number of hydrogen-bond acceptors (Lipinski definition) is 6. The second kappa shape index (κ2) is 10.5. The van der Waals surface area contributed by atoms with Crippen LogP contribution in [0.1, 0.15) is 10.4 Å². The fourth-order valence-electron chi connectivity index (χ4n) is 1.82. The molecule has 0 aliphatic carbocycles. The summed E-state index contributed by atoms with van der Waals surface area (Å²) in [6.07, 6.45) is 0. The van der Waals surface area contributed by atoms with Gasteiger partial charge in [0, 0.05) is 17.9 Å². The second-order valence-electron chi connectivity index (χ2n) is 4.94. The lowest BCUT2D eigenvalue weighted by Crippen LogP contribution is -2.21. The van der Waals surface area contributed by atoms with Crippen molar-refractivity contribution in [1.82, 2.24) is 0 Å². The molecule has 0 saturated carbocycles. The van der Waals surface area contributed by atoms with E-state index in [2.05, 4.69) is 113 Å². The van der Waals surface area contributed by atoms with Crippen LogP contribution in [0.2, 0.25) is 0 Å². The van der Waals surface area contributed by atoms with Crippen LogP contribution in [0.4, 0.5) is 0 Å². The van der Waals surface area contributed by atoms with Gasteiger partial charge in [-0.25, -0.2) is 9.59 Å². The summed E-state index contributed by atoms with van der Waals surface area (Å²) in [7, 11) is -4.33. The van der Waals surface area contributed by atoms with Gasteiger partial charge in [-0.05, 0) is 137 Å². The molecule has 0 bridgehead atoms. The van der Waals surface area contributed by atoms with E-state index in [0.29, 0.717) is 5.56 Å². The molecule has 0 saturated heterocycles. The Balaban J connectivity index is 2.07. The van der Waals surface area contributed by atoms with Gasteiger partial charge < -0.3 is 9.47 Å². The average Bonchev–Trinajstić information content (AvgIpc) is 2.63. The predicted octanol–water partition coefficient (Wildman–Crippen LogP) is 4.72. The number of carbonyl (C=O) groups is 2. The highest BCUT2D eigenvalue weighted by molar-refractivity contribution is 14.1. The summed E-state index contributed by atoms with van der Waals surface area (Å²) in [5.41, 5.74) is 0.390. The highest BCUT2D eigenvalue weighted by Gasteiger charge is 2.24. The minimum absolute atomic E-state index is 0.0518. The Bertz CT molecular complexity index is 1020. The van der Waals surface area contributed by atoms with Crippen molar-refractivity contribution in [1.29, 1.82) is 0 Å². The van der Waals surface area contributed by atoms with Crippen LogP contribution in [0.3, 0.4) is 0 Å². The first-order chi connectivity index (χ1) is 12.9. The summed E-state index contributed by atoms with van der Waals surface area (Å²) in [6.45, 7) is -0.607. The van der Waals surface area contributed by atoms with Gasteiger partial charge in [0.15, 0.2) is 6.61 Å². The Kier molecular flexibility index (Phi) is 9.45. The summed E-state index contributed by atoms with van der Waals surface area (Å²) < 4.78 is 45.4. The molecule has 0 amide bonds. The molecule has 2 rings (SSSR count). The van der Waals surface area contributed by atoms with Crippen LogP contribution >= 0.6 is 113 Å². The molecule has 0 aliphatic rings. The van der Waals surface area contributed by atoms with E-state index in [1.54, 1.807) is 0 Å². The third-order valence-electron chi connectivity index (χ3n) is 3.09. The molecule has 0 atom stereocenters. The van der Waals surface area contributed by atoms with E-state index in [4.69, 9.17) is 14.0 Å². The lowest BCUT2D eigenvalue weighted by atomic mass is 10.2. The first-order valence-electron chi connectivity index (χ1n) is 6.90. The second-order valence-corrected chi connectivity index (χ2v) is 11.8. The van der Waals surface area contributed by atoms with Gasteiger partial charge in [-0.2, -0.15) is 8.42 Å². The number of benzene rings is 2. The van der Waals surface area contributed by atoms with Gasteiger partial charge >= 0.3 is 11.9 Å². The molecule has 0 radical (unpaired) electrons. The monoisotopic (exact) mass is 966 g/mol. The lowest BCUT2D eigenvalue weighted by molar-refractivity contribution is -0.137. The van der Waals surface area contributed by atoms with Crippen LogP contribution in [-0.4, -0.2) is 31.5 Å². The zero-order valence-corrected chi connectivity index (χ0v) is 24.8. The smallest absolute Gasteiger partial charge is 0.349 e. The Morgan fingerprint density at radius 1 is 0.857 bits per heavy atom. The summed E-state index contributed by atoms with van der Waals surface area (Å²) in [5.74, 6) is -1.41. The third-order valence-corrected chi connectivity index (χ3v) is 13.5. The minimum Gasteiger partial charge on any atom is -0.450 e. The Morgan fingerprint density at radius 3 is 1.79 bits per heavy atom. The highest BCUT2D eigenvalue weighted by atomic mass is 127. The normalized spacial score (nSPS) is 11.2. The van der Waals surface area contributed by atoms with Crippen LogP contribution < -0.4 is 4.74 Å². The molecular formula is C15H7I5O7S. The van der Waals surface area contributed by atoms with Gasteiger partial charge in [0.2, 0.25) is 0 Å². The van der Waals surface area contributed by atoms with Crippen LogP contribution in [-0.2, 0) is 19.6 Å². The fraction of sp³-hybridized carbons (Fsp3) is 0.0667. The van der Waals surface area contributed by atoms with Crippen molar-refractivity contribution in [3.63, 3.8) is 0 Å². The zero-order chi connectivity index (χ0) is 21.2. The highest BCUT2D eigenvalue weighted by Crippen LogP contribution is 2.34. The maximum atomic E-state index is 12.5. The van der Waals surface area contributed by atoms with E-state index < -0.39 is 28.7 Å². The quantitative estimate of drug-likeness (QED) is 0.116. The van der Waals surface area contributed by atoms with Crippen molar-refractivity contribution < 1.29 is 32.0 Å². The first kappa shape index (κ1) is 25.2. The SMILES string of the molecule is O=C(COC(=O)c1c(I)c(I)c(I)c(I)c1I)Oc1ccc(S(=O)(=O)O)cc1. The molecule has 7 nitrogen and oxygen atoms in total. The molecular weight excluding hydrogens is 959 g/mol. The van der Waals surface area contributed by atoms with Crippen molar-refractivity contribution in [3.05, 3.63) is 47.7 Å². The van der Waals surface area contributed by atoms with Crippen molar-refractivity contribution in [2.75, 3.05) is 6.61 Å². The van der Waals surface area contributed by atoms with E-state index in [1.807, 2.05) is 0 Å². The molecule has 28 heavy (non-hydrogen) atoms. The van der Waals surface area contributed by atoms with Crippen molar-refractivity contribution in [2.45, 2.75) is 4.90 Å². The lowest BCUT2D eigenvalue weighted by Gasteiger charge is -2.13. The van der Waals surface area contributed by atoms with Crippen molar-refractivity contribution >= 4 is 135 Å². The summed E-state index contributed by atoms with van der Waals surface area (Å²) in [5, 5.41) is 0. The van der Waals surface area contributed by atoms with E-state index in [0.717, 1.165) is 30.0 Å². The zero-order valence-electron chi connectivity index (χ0n) is 13.2. The number of halogens is 5. The molecule has 1 N–H and O–H groups in total. The van der Waals surface area contributed by atoms with Crippen LogP contribution in [0, 0.1) is 17.9 Å². The van der Waals surface area contributed by atoms with Crippen LogP contribution in [0.25, 0.3) is 0 Å². The third kappa shape index (κ3) is 6.23. The van der Waals surface area contributed by atoms with Gasteiger partial charge in [0.25, 0.3) is 10.1 Å². The van der Waals surface area contributed by atoms with E-state index in [9.17, 15) is 18.0 Å². The molecule has 13 heteroatoms. The number of esters is 2. The molecule has 2 aromatic carbocycles. The van der Waals surface area contributed by atoms with Gasteiger partial charge in [-0.3, -0.25) is 4.55 Å². The summed E-state index contributed by atoms with van der Waals surface area (Å²) in [6, 6.07) is 4.59. The Hall–Kier alpha value is 0.940. The van der Waals surface area contributed by atoms with Crippen molar-refractivity contribution in [3.8, 4) is 5.75 Å². The van der Waals surface area contributed by atoms with Crippen LogP contribution in [0.15, 0.2) is 29.2 Å². The van der Waals surface area contributed by atoms with Gasteiger partial charge in [0.05, 0.1) is 10.5 Å². The molecule has 0 fully saturated rings. The predicted molar refractivity (Wildman–Crippen MR) is 142 cm³/mol. The maximum absolute atomic E-state index is 12.5. The van der Waals surface area contributed by atoms with Crippen molar-refractivity contribution in [2.24, 2.45) is 0 Å². The van der Waals surface area contributed by atoms with E-state index >= 15 is 0 Å². The summed E-state index contributed by atoms with van der Waals surface area (Å²) >= 11 is 10.6. The first-order valence-corrected chi connectivity index (χ1v) is 13.7. The molecule has 2 aromatic rings. The Morgan fingerprint density at radius 2 is 1.32 bits per heavy atom. The minimum atomic E-state index is -4.33. The Labute approximate surface area is 228 Å². The molecule has 0 unspecified atom stereocenters. The molecule has 0 aliphatic heterocycles. The van der Waals surface area contributed by atoms with E-state index in [-0.39, 0.29) is 10.6 Å². The number of ether oxygens (including phenoxy) is 2. The number of rotatable bonds is 5. The molecule has 0 spiro atoms. The molecule has 150 valence electrons. The standard InChI is InChI=1S/C15H7I5O7S/c16-10-9(11(17)13(19)14(20)12(10)18)15(22)26-5-8(21)27-6-1-3-7(4-2-6)28(23,24)25/h1-4H,5H2,(H,23,24,25). The van der Waals surface area contributed by atoms with Gasteiger partial charge in [-0.15, -0.1) is 0 Å². The van der Waals surface area contributed by atoms with Gasteiger partial charge in [-0.1, -0.05) is 0 Å². The molecule has 0 aromatic heterocycles. The largest absolute Gasteiger partial charge is 0.450 e. The maximum Gasteiger partial charge on any atom is 0.349 e. The molecule has 0 heterocycles. The average molecular weight is 966 g/mol. The topological polar surface area (TPSA) is 107 Å². The van der Waals surface area contributed by atoms with Gasteiger partial charge in [0.1, 0.15) is 5.75 Å². The number of hydrogen-bond donors (Lipinski definition) is 1. The van der Waals surface area contributed by atoms with E-state index in [1.165, 1.54) is 12.1 Å². The summed E-state index contributed by atoms with van der Waals surface area (Å²) in [4.78, 5) is 24.1. The van der Waals surface area contributed by atoms with Crippen LogP contribution in [0.5, 0.6) is 5.75 Å². The number of carbonyl (C=O) groups excluding carboxylic acids is 2.